The van der Waals surface area contributed by atoms with E-state index in [4.69, 9.17) is 4.42 Å². The number of hydrogen-bond donors (Lipinski definition) is 1. The second-order valence-electron chi connectivity index (χ2n) is 8.45. The van der Waals surface area contributed by atoms with Crippen molar-refractivity contribution in [1.82, 2.24) is 20.5 Å². The Morgan fingerprint density at radius 1 is 1.15 bits per heavy atom. The van der Waals surface area contributed by atoms with Crippen LogP contribution in [0.2, 0.25) is 0 Å². The standard InChI is InChI=1S/C20H24N4O2/c25-19(20-9-13-6-14(10-20)8-15(7-13)11-20)22-5-3-17-23-24-18(26-17)16-2-1-4-21-12-16/h1-2,4,12-15H,3,5-11H2,(H,22,25). The number of aromatic nitrogens is 3. The number of nitrogens with one attached hydrogen (secondary N) is 1. The average Bonchev–Trinajstić information content (AvgIpc) is 3.10. The Morgan fingerprint density at radius 3 is 2.54 bits per heavy atom. The molecule has 0 saturated heterocycles. The highest BCUT2D eigenvalue weighted by atomic mass is 16.4. The highest BCUT2D eigenvalue weighted by molar-refractivity contribution is 5.83. The summed E-state index contributed by atoms with van der Waals surface area (Å²) in [6.07, 6.45) is 11.3. The molecule has 6 rings (SSSR count). The quantitative estimate of drug-likeness (QED) is 0.894. The lowest BCUT2D eigenvalue weighted by atomic mass is 9.49. The summed E-state index contributed by atoms with van der Waals surface area (Å²) in [5.41, 5.74) is 0.716. The van der Waals surface area contributed by atoms with E-state index in [1.54, 1.807) is 12.4 Å². The van der Waals surface area contributed by atoms with Gasteiger partial charge in [0, 0.05) is 30.8 Å². The van der Waals surface area contributed by atoms with Crippen LogP contribution in [0, 0.1) is 23.2 Å². The molecule has 136 valence electrons. The molecule has 0 spiro atoms. The zero-order valence-corrected chi connectivity index (χ0v) is 14.9. The highest BCUT2D eigenvalue weighted by Gasteiger charge is 2.54. The van der Waals surface area contributed by atoms with E-state index < -0.39 is 0 Å². The normalized spacial score (nSPS) is 31.9. The summed E-state index contributed by atoms with van der Waals surface area (Å²) in [4.78, 5) is 17.0. The first kappa shape index (κ1) is 16.0. The van der Waals surface area contributed by atoms with Gasteiger partial charge in [0.2, 0.25) is 17.7 Å². The van der Waals surface area contributed by atoms with Crippen LogP contribution in [0.15, 0.2) is 28.9 Å². The molecule has 0 unspecified atom stereocenters. The Kier molecular flexibility index (Phi) is 3.80. The Hall–Kier alpha value is -2.24. The second kappa shape index (κ2) is 6.18. The zero-order chi connectivity index (χ0) is 17.6. The predicted octanol–water partition coefficient (Wildman–Crippen LogP) is 3.01. The van der Waals surface area contributed by atoms with Gasteiger partial charge in [0.15, 0.2) is 0 Å². The van der Waals surface area contributed by atoms with Gasteiger partial charge in [-0.05, 0) is 68.4 Å². The minimum absolute atomic E-state index is 0.0928. The SMILES string of the molecule is O=C(NCCc1nnc(-c2cccnc2)o1)C12CC3CC(CC(C3)C1)C2. The van der Waals surface area contributed by atoms with Crippen LogP contribution in [0.4, 0.5) is 0 Å². The maximum absolute atomic E-state index is 12.9. The molecule has 0 atom stereocenters. The molecule has 6 heteroatoms. The van der Waals surface area contributed by atoms with Crippen molar-refractivity contribution in [2.24, 2.45) is 23.2 Å². The monoisotopic (exact) mass is 352 g/mol. The minimum Gasteiger partial charge on any atom is -0.421 e. The molecule has 6 nitrogen and oxygen atoms in total. The van der Waals surface area contributed by atoms with Crippen LogP contribution < -0.4 is 5.32 Å². The van der Waals surface area contributed by atoms with Gasteiger partial charge in [-0.2, -0.15) is 0 Å². The lowest BCUT2D eigenvalue weighted by Gasteiger charge is -2.55. The lowest BCUT2D eigenvalue weighted by molar-refractivity contribution is -0.146. The lowest BCUT2D eigenvalue weighted by Crippen LogP contribution is -2.53. The number of rotatable bonds is 5. The maximum atomic E-state index is 12.9. The van der Waals surface area contributed by atoms with Gasteiger partial charge in [-0.3, -0.25) is 9.78 Å². The summed E-state index contributed by atoms with van der Waals surface area (Å²) in [6, 6.07) is 3.73. The van der Waals surface area contributed by atoms with E-state index in [0.29, 0.717) is 24.7 Å². The summed E-state index contributed by atoms with van der Waals surface area (Å²) in [6.45, 7) is 0.551. The van der Waals surface area contributed by atoms with Gasteiger partial charge in [-0.15, -0.1) is 10.2 Å². The number of pyridine rings is 1. The van der Waals surface area contributed by atoms with E-state index in [1.807, 2.05) is 12.1 Å². The zero-order valence-electron chi connectivity index (χ0n) is 14.9. The van der Waals surface area contributed by atoms with Crippen LogP contribution in [-0.4, -0.2) is 27.6 Å². The third-order valence-corrected chi connectivity index (χ3v) is 6.52. The molecule has 0 aliphatic heterocycles. The van der Waals surface area contributed by atoms with Gasteiger partial charge in [-0.25, -0.2) is 0 Å². The van der Waals surface area contributed by atoms with Crippen molar-refractivity contribution in [3.8, 4) is 11.5 Å². The van der Waals surface area contributed by atoms with E-state index in [2.05, 4.69) is 20.5 Å². The van der Waals surface area contributed by atoms with Gasteiger partial charge in [0.1, 0.15) is 0 Å². The second-order valence-corrected chi connectivity index (χ2v) is 8.45. The third kappa shape index (κ3) is 2.81. The van der Waals surface area contributed by atoms with E-state index in [9.17, 15) is 4.79 Å². The van der Waals surface area contributed by atoms with Crippen LogP contribution in [-0.2, 0) is 11.2 Å². The van der Waals surface area contributed by atoms with Gasteiger partial charge in [0.25, 0.3) is 0 Å². The molecule has 0 radical (unpaired) electrons. The topological polar surface area (TPSA) is 80.9 Å². The largest absolute Gasteiger partial charge is 0.421 e. The van der Waals surface area contributed by atoms with Gasteiger partial charge < -0.3 is 9.73 Å². The molecule has 2 aromatic heterocycles. The summed E-state index contributed by atoms with van der Waals surface area (Å²) in [5.74, 6) is 3.62. The van der Waals surface area contributed by atoms with Crippen molar-refractivity contribution in [3.63, 3.8) is 0 Å². The van der Waals surface area contributed by atoms with Gasteiger partial charge in [-0.1, -0.05) is 0 Å². The van der Waals surface area contributed by atoms with Crippen LogP contribution in [0.3, 0.4) is 0 Å². The first-order valence-electron chi connectivity index (χ1n) is 9.71. The molecule has 4 bridgehead atoms. The molecular formula is C20H24N4O2. The Morgan fingerprint density at radius 2 is 1.88 bits per heavy atom. The minimum atomic E-state index is -0.0928. The van der Waals surface area contributed by atoms with Gasteiger partial charge >= 0.3 is 0 Å². The smallest absolute Gasteiger partial charge is 0.249 e. The van der Waals surface area contributed by atoms with Crippen molar-refractivity contribution >= 4 is 5.91 Å². The van der Waals surface area contributed by atoms with Crippen molar-refractivity contribution < 1.29 is 9.21 Å². The van der Waals surface area contributed by atoms with E-state index in [1.165, 1.54) is 19.3 Å². The van der Waals surface area contributed by atoms with E-state index in [0.717, 1.165) is 42.6 Å². The van der Waals surface area contributed by atoms with Crippen LogP contribution in [0.1, 0.15) is 44.4 Å². The Balaban J connectivity index is 1.19. The summed E-state index contributed by atoms with van der Waals surface area (Å²) in [5, 5.41) is 11.3. The summed E-state index contributed by atoms with van der Waals surface area (Å²) in [7, 11) is 0. The first-order chi connectivity index (χ1) is 12.7. The predicted molar refractivity (Wildman–Crippen MR) is 94.8 cm³/mol. The molecule has 0 aromatic carbocycles. The molecule has 1 amide bonds. The van der Waals surface area contributed by atoms with Crippen molar-refractivity contribution in [2.75, 3.05) is 6.54 Å². The molecular weight excluding hydrogens is 328 g/mol. The number of amides is 1. The molecule has 2 aromatic rings. The molecule has 4 fully saturated rings. The molecule has 4 aliphatic carbocycles. The number of carbonyl (C=O) groups excluding carboxylic acids is 1. The van der Waals surface area contributed by atoms with Crippen LogP contribution in [0.5, 0.6) is 0 Å². The van der Waals surface area contributed by atoms with Crippen LogP contribution in [0.25, 0.3) is 11.5 Å². The molecule has 4 saturated carbocycles. The Labute approximate surface area is 152 Å². The fourth-order valence-corrected chi connectivity index (χ4v) is 5.82. The highest BCUT2D eigenvalue weighted by Crippen LogP contribution is 2.60. The van der Waals surface area contributed by atoms with Gasteiger partial charge in [0.05, 0.1) is 5.56 Å². The van der Waals surface area contributed by atoms with Crippen LogP contribution >= 0.6 is 0 Å². The Bertz CT molecular complexity index is 766. The fourth-order valence-electron chi connectivity index (χ4n) is 5.82. The van der Waals surface area contributed by atoms with Crippen molar-refractivity contribution in [3.05, 3.63) is 30.4 Å². The molecule has 1 N–H and O–H groups in total. The van der Waals surface area contributed by atoms with Crippen molar-refractivity contribution in [2.45, 2.75) is 44.9 Å². The third-order valence-electron chi connectivity index (χ3n) is 6.52. The summed E-state index contributed by atoms with van der Waals surface area (Å²) >= 11 is 0. The molecule has 2 heterocycles. The number of carbonyl (C=O) groups is 1. The number of hydrogen-bond acceptors (Lipinski definition) is 5. The average molecular weight is 352 g/mol. The molecule has 26 heavy (non-hydrogen) atoms. The first-order valence-corrected chi connectivity index (χ1v) is 9.71. The maximum Gasteiger partial charge on any atom is 0.249 e. The van der Waals surface area contributed by atoms with E-state index in [-0.39, 0.29) is 11.3 Å². The fraction of sp³-hybridized carbons (Fsp3) is 0.600. The van der Waals surface area contributed by atoms with Crippen molar-refractivity contribution in [1.29, 1.82) is 0 Å². The van der Waals surface area contributed by atoms with E-state index >= 15 is 0 Å². The summed E-state index contributed by atoms with van der Waals surface area (Å²) < 4.78 is 5.69. The number of nitrogens with zero attached hydrogens (tertiary/aromatic N) is 3. The molecule has 4 aliphatic rings.